The van der Waals surface area contributed by atoms with Crippen LogP contribution in [0.1, 0.15) is 27.2 Å². The van der Waals surface area contributed by atoms with Gasteiger partial charge in [-0.05, 0) is 20.3 Å². The molecule has 0 saturated heterocycles. The normalized spacial score (nSPS) is 16.8. The van der Waals surface area contributed by atoms with E-state index >= 15 is 0 Å². The highest BCUT2D eigenvalue weighted by Gasteiger charge is 2.13. The Labute approximate surface area is 69.3 Å². The highest BCUT2D eigenvalue weighted by atomic mass is 15.4. The van der Waals surface area contributed by atoms with Crippen LogP contribution < -0.4 is 5.73 Å². The second-order valence-corrected chi connectivity index (χ2v) is 2.76. The molecule has 0 aromatic carbocycles. The minimum absolute atomic E-state index is 0.212. The summed E-state index contributed by atoms with van der Waals surface area (Å²) in [5.74, 6) is 0. The van der Waals surface area contributed by atoms with Gasteiger partial charge in [0, 0.05) is 19.3 Å². The maximum Gasteiger partial charge on any atom is 0.0589 e. The third kappa shape index (κ3) is 3.37. The highest BCUT2D eigenvalue weighted by molar-refractivity contribution is 5.52. The van der Waals surface area contributed by atoms with Crippen molar-refractivity contribution in [3.63, 3.8) is 0 Å². The van der Waals surface area contributed by atoms with Gasteiger partial charge in [0.15, 0.2) is 0 Å². The molecule has 0 fully saturated rings. The van der Waals surface area contributed by atoms with Crippen molar-refractivity contribution >= 4 is 6.21 Å². The van der Waals surface area contributed by atoms with Crippen molar-refractivity contribution in [2.24, 2.45) is 10.8 Å². The Morgan fingerprint density at radius 2 is 2.18 bits per heavy atom. The standard InChI is InChI=1S/C8H19N3/c1-5-8(9)7(3)11(4)10-6-2/h6-8H,5,9H2,1-4H3/b10-6-/t7-,8?/m0/s1. The predicted molar refractivity (Wildman–Crippen MR) is 49.7 cm³/mol. The van der Waals surface area contributed by atoms with Crippen molar-refractivity contribution in [1.82, 2.24) is 5.01 Å². The lowest BCUT2D eigenvalue weighted by Crippen LogP contribution is -2.41. The van der Waals surface area contributed by atoms with E-state index in [1.165, 1.54) is 0 Å². The number of nitrogens with two attached hydrogens (primary N) is 1. The van der Waals surface area contributed by atoms with E-state index in [1.54, 1.807) is 6.21 Å². The minimum Gasteiger partial charge on any atom is -0.326 e. The fourth-order valence-electron chi connectivity index (χ4n) is 0.906. The summed E-state index contributed by atoms with van der Waals surface area (Å²) in [6, 6.07) is 0.528. The van der Waals surface area contributed by atoms with Gasteiger partial charge >= 0.3 is 0 Å². The minimum atomic E-state index is 0.212. The zero-order chi connectivity index (χ0) is 8.85. The first kappa shape index (κ1) is 10.4. The van der Waals surface area contributed by atoms with Crippen molar-refractivity contribution in [3.8, 4) is 0 Å². The van der Waals surface area contributed by atoms with E-state index in [0.717, 1.165) is 6.42 Å². The summed E-state index contributed by atoms with van der Waals surface area (Å²) in [5.41, 5.74) is 5.83. The largest absolute Gasteiger partial charge is 0.326 e. The molecule has 0 spiro atoms. The van der Waals surface area contributed by atoms with Gasteiger partial charge in [-0.3, -0.25) is 5.01 Å². The second-order valence-electron chi connectivity index (χ2n) is 2.76. The fourth-order valence-corrected chi connectivity index (χ4v) is 0.906. The van der Waals surface area contributed by atoms with Crippen LogP contribution in [-0.2, 0) is 0 Å². The highest BCUT2D eigenvalue weighted by Crippen LogP contribution is 2.02. The molecule has 0 rings (SSSR count). The van der Waals surface area contributed by atoms with Crippen molar-refractivity contribution in [2.45, 2.75) is 39.3 Å². The van der Waals surface area contributed by atoms with Crippen LogP contribution in [0.25, 0.3) is 0 Å². The van der Waals surface area contributed by atoms with E-state index in [1.807, 2.05) is 19.0 Å². The summed E-state index contributed by atoms with van der Waals surface area (Å²) in [5, 5.41) is 6.02. The maximum atomic E-state index is 5.83. The Kier molecular flexibility index (Phi) is 4.86. The van der Waals surface area contributed by atoms with Gasteiger partial charge < -0.3 is 5.73 Å². The van der Waals surface area contributed by atoms with Gasteiger partial charge in [0.2, 0.25) is 0 Å². The molecule has 0 aliphatic rings. The molecule has 3 nitrogen and oxygen atoms in total. The molecule has 0 aromatic rings. The van der Waals surface area contributed by atoms with Gasteiger partial charge in [-0.1, -0.05) is 6.92 Å². The first-order chi connectivity index (χ1) is 5.13. The van der Waals surface area contributed by atoms with E-state index in [9.17, 15) is 0 Å². The predicted octanol–water partition coefficient (Wildman–Crippen LogP) is 1.05. The Morgan fingerprint density at radius 3 is 2.55 bits per heavy atom. The molecule has 1 unspecified atom stereocenters. The number of likely N-dealkylation sites (N-methyl/N-ethyl adjacent to an activating group) is 1. The molecule has 0 aliphatic heterocycles. The maximum absolute atomic E-state index is 5.83. The van der Waals surface area contributed by atoms with Crippen molar-refractivity contribution in [2.75, 3.05) is 7.05 Å². The average molecular weight is 157 g/mol. The van der Waals surface area contributed by atoms with E-state index in [0.29, 0.717) is 6.04 Å². The number of nitrogens with zero attached hydrogens (tertiary/aromatic N) is 2. The Morgan fingerprint density at radius 1 is 1.64 bits per heavy atom. The molecule has 3 heteroatoms. The molecule has 0 amide bonds. The third-order valence-electron chi connectivity index (χ3n) is 1.98. The molecule has 66 valence electrons. The molecule has 0 saturated carbocycles. The zero-order valence-electron chi connectivity index (χ0n) is 7.91. The van der Waals surface area contributed by atoms with Crippen LogP contribution in [0.2, 0.25) is 0 Å². The third-order valence-corrected chi connectivity index (χ3v) is 1.98. The topological polar surface area (TPSA) is 41.6 Å². The zero-order valence-corrected chi connectivity index (χ0v) is 7.91. The van der Waals surface area contributed by atoms with Gasteiger partial charge in [-0.25, -0.2) is 0 Å². The van der Waals surface area contributed by atoms with E-state index in [2.05, 4.69) is 18.9 Å². The first-order valence-corrected chi connectivity index (χ1v) is 4.10. The second kappa shape index (κ2) is 5.13. The van der Waals surface area contributed by atoms with Crippen molar-refractivity contribution in [3.05, 3.63) is 0 Å². The Balaban J connectivity index is 3.90. The van der Waals surface area contributed by atoms with Gasteiger partial charge in [-0.15, -0.1) is 0 Å². The smallest absolute Gasteiger partial charge is 0.0589 e. The quantitative estimate of drug-likeness (QED) is 0.489. The Bertz CT molecular complexity index is 123. The average Bonchev–Trinajstić information content (AvgIpc) is 2.02. The van der Waals surface area contributed by atoms with Crippen LogP contribution >= 0.6 is 0 Å². The van der Waals surface area contributed by atoms with Gasteiger partial charge in [0.1, 0.15) is 0 Å². The van der Waals surface area contributed by atoms with Crippen molar-refractivity contribution < 1.29 is 0 Å². The SMILES string of the molecule is C/C=N\N(C)[C@@H](C)C(N)CC. The van der Waals surface area contributed by atoms with E-state index < -0.39 is 0 Å². The molecule has 2 N–H and O–H groups in total. The number of rotatable bonds is 4. The van der Waals surface area contributed by atoms with Gasteiger partial charge in [-0.2, -0.15) is 5.10 Å². The lowest BCUT2D eigenvalue weighted by atomic mass is 10.1. The molecule has 2 atom stereocenters. The molecular formula is C8H19N3. The van der Waals surface area contributed by atoms with Crippen LogP contribution in [0, 0.1) is 0 Å². The summed E-state index contributed by atoms with van der Waals surface area (Å²) in [7, 11) is 1.94. The molecule has 0 aromatic heterocycles. The summed E-state index contributed by atoms with van der Waals surface area (Å²) in [6.07, 6.45) is 2.77. The number of hydrogen-bond donors (Lipinski definition) is 1. The molecule has 0 bridgehead atoms. The molecular weight excluding hydrogens is 138 g/mol. The first-order valence-electron chi connectivity index (χ1n) is 4.10. The van der Waals surface area contributed by atoms with Crippen LogP contribution in [-0.4, -0.2) is 30.4 Å². The van der Waals surface area contributed by atoms with Crippen LogP contribution in [0.4, 0.5) is 0 Å². The lowest BCUT2D eigenvalue weighted by Gasteiger charge is -2.26. The summed E-state index contributed by atoms with van der Waals surface area (Å²) < 4.78 is 0. The Hall–Kier alpha value is -0.570. The summed E-state index contributed by atoms with van der Waals surface area (Å²) in [6.45, 7) is 6.08. The monoisotopic (exact) mass is 157 g/mol. The van der Waals surface area contributed by atoms with Gasteiger partial charge in [0.25, 0.3) is 0 Å². The lowest BCUT2D eigenvalue weighted by molar-refractivity contribution is 0.234. The molecule has 0 radical (unpaired) electrons. The molecule has 0 aliphatic carbocycles. The van der Waals surface area contributed by atoms with E-state index in [-0.39, 0.29) is 6.04 Å². The molecule has 0 heterocycles. The van der Waals surface area contributed by atoms with Crippen LogP contribution in [0.15, 0.2) is 5.10 Å². The number of hydrogen-bond acceptors (Lipinski definition) is 3. The summed E-state index contributed by atoms with van der Waals surface area (Å²) in [4.78, 5) is 0. The fraction of sp³-hybridized carbons (Fsp3) is 0.875. The number of hydrazone groups is 1. The van der Waals surface area contributed by atoms with E-state index in [4.69, 9.17) is 5.73 Å². The molecule has 11 heavy (non-hydrogen) atoms. The van der Waals surface area contributed by atoms with Crippen LogP contribution in [0.5, 0.6) is 0 Å². The van der Waals surface area contributed by atoms with Crippen molar-refractivity contribution in [1.29, 1.82) is 0 Å². The summed E-state index contributed by atoms with van der Waals surface area (Å²) >= 11 is 0. The van der Waals surface area contributed by atoms with Gasteiger partial charge in [0.05, 0.1) is 6.04 Å². The van der Waals surface area contributed by atoms with Crippen LogP contribution in [0.3, 0.4) is 0 Å².